The molecule has 0 spiro atoms. The summed E-state index contributed by atoms with van der Waals surface area (Å²) in [6.07, 6.45) is 1.97. The van der Waals surface area contributed by atoms with Crippen molar-refractivity contribution in [3.8, 4) is 0 Å². The molecule has 0 aromatic rings. The lowest BCUT2D eigenvalue weighted by Gasteiger charge is -2.31. The molecular formula is C14H27NO5. The van der Waals surface area contributed by atoms with E-state index >= 15 is 0 Å². The average molecular weight is 289 g/mol. The Morgan fingerprint density at radius 3 is 2.50 bits per heavy atom. The molecule has 0 radical (unpaired) electrons. The molecular weight excluding hydrogens is 262 g/mol. The number of rotatable bonds is 10. The van der Waals surface area contributed by atoms with Crippen LogP contribution in [0.5, 0.6) is 0 Å². The number of carbonyl (C=O) groups excluding carboxylic acids is 1. The number of ether oxygens (including phenoxy) is 4. The molecule has 0 bridgehead atoms. The van der Waals surface area contributed by atoms with E-state index in [1.807, 2.05) is 0 Å². The van der Waals surface area contributed by atoms with Crippen LogP contribution in [-0.4, -0.2) is 77.8 Å². The van der Waals surface area contributed by atoms with Crippen molar-refractivity contribution >= 4 is 5.97 Å². The smallest absolute Gasteiger partial charge is 0.309 e. The van der Waals surface area contributed by atoms with Gasteiger partial charge in [0.15, 0.2) is 0 Å². The molecule has 0 amide bonds. The Labute approximate surface area is 121 Å². The molecule has 6 heteroatoms. The second-order valence-corrected chi connectivity index (χ2v) is 4.88. The normalized spacial score (nSPS) is 20.0. The van der Waals surface area contributed by atoms with Crippen LogP contribution < -0.4 is 0 Å². The minimum atomic E-state index is -0.0952. The summed E-state index contributed by atoms with van der Waals surface area (Å²) in [6, 6.07) is 0. The van der Waals surface area contributed by atoms with Crippen LogP contribution in [0, 0.1) is 5.92 Å². The summed E-state index contributed by atoms with van der Waals surface area (Å²) in [5.41, 5.74) is 0. The van der Waals surface area contributed by atoms with E-state index in [0.29, 0.717) is 33.0 Å². The number of hydrogen-bond acceptors (Lipinski definition) is 6. The maximum atomic E-state index is 11.5. The van der Waals surface area contributed by atoms with Gasteiger partial charge in [-0.05, 0) is 19.4 Å². The monoisotopic (exact) mass is 289 g/mol. The molecule has 1 aliphatic heterocycles. The molecule has 0 saturated carbocycles. The molecule has 1 rings (SSSR count). The largest absolute Gasteiger partial charge is 0.469 e. The standard InChI is InChI=1S/C14H27NO5/c1-17-8-9-20-11-10-19-7-6-15-5-3-4-13(12-15)14(16)18-2/h13H,3-12H2,1-2H3. The third kappa shape index (κ3) is 7.19. The summed E-state index contributed by atoms with van der Waals surface area (Å²) < 4.78 is 20.5. The maximum Gasteiger partial charge on any atom is 0.309 e. The number of hydrogen-bond donors (Lipinski definition) is 0. The van der Waals surface area contributed by atoms with Gasteiger partial charge in [0, 0.05) is 20.2 Å². The summed E-state index contributed by atoms with van der Waals surface area (Å²) >= 11 is 0. The van der Waals surface area contributed by atoms with Crippen LogP contribution in [-0.2, 0) is 23.7 Å². The van der Waals surface area contributed by atoms with Gasteiger partial charge in [-0.3, -0.25) is 4.79 Å². The molecule has 0 aliphatic carbocycles. The third-order valence-corrected chi connectivity index (χ3v) is 3.40. The van der Waals surface area contributed by atoms with E-state index in [1.165, 1.54) is 7.11 Å². The Bertz CT molecular complexity index is 262. The van der Waals surface area contributed by atoms with E-state index in [-0.39, 0.29) is 11.9 Å². The zero-order valence-electron chi connectivity index (χ0n) is 12.6. The summed E-state index contributed by atoms with van der Waals surface area (Å²) in [4.78, 5) is 13.8. The van der Waals surface area contributed by atoms with Gasteiger partial charge in [0.2, 0.25) is 0 Å². The molecule has 1 fully saturated rings. The van der Waals surface area contributed by atoms with Gasteiger partial charge in [0.1, 0.15) is 0 Å². The first-order valence-electron chi connectivity index (χ1n) is 7.22. The first kappa shape index (κ1) is 17.4. The predicted molar refractivity (Wildman–Crippen MR) is 74.7 cm³/mol. The number of nitrogens with zero attached hydrogens (tertiary/aromatic N) is 1. The molecule has 118 valence electrons. The SMILES string of the molecule is COCCOCCOCCN1CCCC(C(=O)OC)C1. The number of piperidine rings is 1. The van der Waals surface area contributed by atoms with E-state index < -0.39 is 0 Å². The minimum absolute atomic E-state index is 0.0196. The van der Waals surface area contributed by atoms with Crippen molar-refractivity contribution in [3.05, 3.63) is 0 Å². The molecule has 0 N–H and O–H groups in total. The fourth-order valence-electron chi connectivity index (χ4n) is 2.28. The second kappa shape index (κ2) is 11.0. The van der Waals surface area contributed by atoms with E-state index in [9.17, 15) is 4.79 Å². The number of methoxy groups -OCH3 is 2. The van der Waals surface area contributed by atoms with Crippen LogP contribution in [0.25, 0.3) is 0 Å². The van der Waals surface area contributed by atoms with Gasteiger partial charge in [-0.1, -0.05) is 0 Å². The fourth-order valence-corrected chi connectivity index (χ4v) is 2.28. The van der Waals surface area contributed by atoms with Crippen molar-refractivity contribution < 1.29 is 23.7 Å². The molecule has 1 saturated heterocycles. The Morgan fingerprint density at radius 1 is 1.10 bits per heavy atom. The van der Waals surface area contributed by atoms with E-state index in [4.69, 9.17) is 18.9 Å². The summed E-state index contributed by atoms with van der Waals surface area (Å²) in [5, 5.41) is 0. The third-order valence-electron chi connectivity index (χ3n) is 3.40. The van der Waals surface area contributed by atoms with Crippen molar-refractivity contribution in [3.63, 3.8) is 0 Å². The number of esters is 1. The van der Waals surface area contributed by atoms with Crippen LogP contribution in [0.3, 0.4) is 0 Å². The van der Waals surface area contributed by atoms with Gasteiger partial charge < -0.3 is 23.8 Å². The first-order valence-corrected chi connectivity index (χ1v) is 7.22. The van der Waals surface area contributed by atoms with Crippen LogP contribution >= 0.6 is 0 Å². The Hall–Kier alpha value is -0.690. The number of likely N-dealkylation sites (tertiary alicyclic amines) is 1. The molecule has 1 aliphatic rings. The highest BCUT2D eigenvalue weighted by Crippen LogP contribution is 2.17. The second-order valence-electron chi connectivity index (χ2n) is 4.88. The maximum absolute atomic E-state index is 11.5. The highest BCUT2D eigenvalue weighted by Gasteiger charge is 2.25. The van der Waals surface area contributed by atoms with Gasteiger partial charge in [-0.15, -0.1) is 0 Å². The number of carbonyl (C=O) groups is 1. The van der Waals surface area contributed by atoms with Gasteiger partial charge in [0.05, 0.1) is 46.1 Å². The van der Waals surface area contributed by atoms with Gasteiger partial charge in [-0.2, -0.15) is 0 Å². The molecule has 0 aromatic carbocycles. The van der Waals surface area contributed by atoms with Crippen molar-refractivity contribution in [2.24, 2.45) is 5.92 Å². The van der Waals surface area contributed by atoms with Gasteiger partial charge >= 0.3 is 5.97 Å². The highest BCUT2D eigenvalue weighted by molar-refractivity contribution is 5.72. The van der Waals surface area contributed by atoms with Crippen LogP contribution in [0.15, 0.2) is 0 Å². The van der Waals surface area contributed by atoms with Crippen molar-refractivity contribution in [1.29, 1.82) is 0 Å². The summed E-state index contributed by atoms with van der Waals surface area (Å²) in [7, 11) is 3.11. The summed E-state index contributed by atoms with van der Waals surface area (Å²) in [6.45, 7) is 5.73. The van der Waals surface area contributed by atoms with Crippen molar-refractivity contribution in [2.45, 2.75) is 12.8 Å². The van der Waals surface area contributed by atoms with E-state index in [2.05, 4.69) is 4.90 Å². The molecule has 0 aromatic heterocycles. The molecule has 1 heterocycles. The summed E-state index contributed by atoms with van der Waals surface area (Å²) in [5.74, 6) is -0.0757. The van der Waals surface area contributed by atoms with Gasteiger partial charge in [-0.25, -0.2) is 0 Å². The predicted octanol–water partition coefficient (Wildman–Crippen LogP) is 0.551. The lowest BCUT2D eigenvalue weighted by molar-refractivity contribution is -0.147. The topological polar surface area (TPSA) is 57.2 Å². The average Bonchev–Trinajstić information content (AvgIpc) is 2.49. The lowest BCUT2D eigenvalue weighted by Crippen LogP contribution is -2.40. The fraction of sp³-hybridized carbons (Fsp3) is 0.929. The van der Waals surface area contributed by atoms with Crippen LogP contribution in [0.4, 0.5) is 0 Å². The van der Waals surface area contributed by atoms with Crippen LogP contribution in [0.1, 0.15) is 12.8 Å². The zero-order chi connectivity index (χ0) is 14.6. The van der Waals surface area contributed by atoms with E-state index in [1.54, 1.807) is 7.11 Å². The van der Waals surface area contributed by atoms with E-state index in [0.717, 1.165) is 32.5 Å². The molecule has 1 unspecified atom stereocenters. The Kier molecular flexibility index (Phi) is 9.57. The highest BCUT2D eigenvalue weighted by atomic mass is 16.5. The zero-order valence-corrected chi connectivity index (χ0v) is 12.6. The van der Waals surface area contributed by atoms with Crippen molar-refractivity contribution in [2.75, 3.05) is 66.9 Å². The molecule has 1 atom stereocenters. The first-order chi connectivity index (χ1) is 9.77. The minimum Gasteiger partial charge on any atom is -0.469 e. The van der Waals surface area contributed by atoms with Gasteiger partial charge in [0.25, 0.3) is 0 Å². The van der Waals surface area contributed by atoms with Crippen molar-refractivity contribution in [1.82, 2.24) is 4.90 Å². The Balaban J connectivity index is 2.00. The van der Waals surface area contributed by atoms with Crippen LogP contribution in [0.2, 0.25) is 0 Å². The molecule has 20 heavy (non-hydrogen) atoms. The lowest BCUT2D eigenvalue weighted by atomic mass is 9.98. The quantitative estimate of drug-likeness (QED) is 0.432. The molecule has 6 nitrogen and oxygen atoms in total. The Morgan fingerprint density at radius 2 is 1.80 bits per heavy atom.